The number of amides is 1. The predicted molar refractivity (Wildman–Crippen MR) is 69.9 cm³/mol. The Labute approximate surface area is 116 Å². The van der Waals surface area contributed by atoms with E-state index < -0.39 is 12.0 Å². The third-order valence-corrected chi connectivity index (χ3v) is 4.13. The molecule has 0 aromatic carbocycles. The van der Waals surface area contributed by atoms with Crippen LogP contribution in [0.5, 0.6) is 0 Å². The summed E-state index contributed by atoms with van der Waals surface area (Å²) in [5.41, 5.74) is 1.60. The third kappa shape index (κ3) is 2.40. The number of H-pyrrole nitrogens is 1. The van der Waals surface area contributed by atoms with Gasteiger partial charge in [0.2, 0.25) is 5.91 Å². The molecule has 108 valence electrons. The zero-order valence-electron chi connectivity index (χ0n) is 11.1. The smallest absolute Gasteiger partial charge is 0.326 e. The molecule has 3 N–H and O–H groups in total. The van der Waals surface area contributed by atoms with Crippen LogP contribution < -0.4 is 5.32 Å². The van der Waals surface area contributed by atoms with Gasteiger partial charge in [-0.05, 0) is 25.4 Å². The molecule has 1 saturated heterocycles. The fourth-order valence-electron chi connectivity index (χ4n) is 2.97. The van der Waals surface area contributed by atoms with Crippen LogP contribution >= 0.6 is 0 Å². The molecular weight excluding hydrogens is 260 g/mol. The summed E-state index contributed by atoms with van der Waals surface area (Å²) in [6.07, 6.45) is 3.23. The first-order chi connectivity index (χ1) is 9.65. The Morgan fingerprint density at radius 2 is 2.35 bits per heavy atom. The predicted octanol–water partition coefficient (Wildman–Crippen LogP) is -0.253. The number of aromatic amines is 1. The summed E-state index contributed by atoms with van der Waals surface area (Å²) in [5, 5.41) is 12.6. The molecule has 2 aliphatic rings. The maximum Gasteiger partial charge on any atom is 0.326 e. The zero-order chi connectivity index (χ0) is 14.1. The standard InChI is InChI=1S/C13H18N4O3/c18-12(3-8-1-2-14-5-8)17-6-10-9(15-7-16-10)4-11(17)13(19)20/h7-8,11,14H,1-6H2,(H,15,16)(H,19,20). The minimum absolute atomic E-state index is 0.0775. The SMILES string of the molecule is O=C(O)C1Cc2nc[nH]c2CN1C(=O)CC1CCNC1. The van der Waals surface area contributed by atoms with Gasteiger partial charge < -0.3 is 20.3 Å². The van der Waals surface area contributed by atoms with E-state index in [9.17, 15) is 14.7 Å². The van der Waals surface area contributed by atoms with Crippen LogP contribution in [-0.2, 0) is 22.6 Å². The number of carbonyl (C=O) groups excluding carboxylic acids is 1. The second-order valence-electron chi connectivity index (χ2n) is 5.47. The van der Waals surface area contributed by atoms with Gasteiger partial charge in [-0.3, -0.25) is 4.79 Å². The van der Waals surface area contributed by atoms with Gasteiger partial charge in [-0.1, -0.05) is 0 Å². The van der Waals surface area contributed by atoms with Crippen LogP contribution in [0.2, 0.25) is 0 Å². The molecule has 2 aliphatic heterocycles. The fraction of sp³-hybridized carbons (Fsp3) is 0.615. The molecule has 3 heterocycles. The van der Waals surface area contributed by atoms with E-state index in [1.165, 1.54) is 4.90 Å². The Morgan fingerprint density at radius 1 is 1.50 bits per heavy atom. The molecule has 1 fully saturated rings. The van der Waals surface area contributed by atoms with Gasteiger partial charge in [0.25, 0.3) is 0 Å². The van der Waals surface area contributed by atoms with Crippen molar-refractivity contribution in [2.75, 3.05) is 13.1 Å². The number of fused-ring (bicyclic) bond motifs is 1. The molecule has 1 amide bonds. The van der Waals surface area contributed by atoms with Crippen molar-refractivity contribution in [1.29, 1.82) is 0 Å². The monoisotopic (exact) mass is 278 g/mol. The number of imidazole rings is 1. The number of nitrogens with zero attached hydrogens (tertiary/aromatic N) is 2. The van der Waals surface area contributed by atoms with Crippen LogP contribution in [0, 0.1) is 5.92 Å². The molecular formula is C13H18N4O3. The Morgan fingerprint density at radius 3 is 3.05 bits per heavy atom. The number of hydrogen-bond donors (Lipinski definition) is 3. The van der Waals surface area contributed by atoms with Gasteiger partial charge >= 0.3 is 5.97 Å². The number of rotatable bonds is 3. The van der Waals surface area contributed by atoms with Gasteiger partial charge in [0.1, 0.15) is 6.04 Å². The first-order valence-electron chi connectivity index (χ1n) is 6.89. The van der Waals surface area contributed by atoms with Gasteiger partial charge in [-0.2, -0.15) is 0 Å². The normalized spacial score (nSPS) is 25.5. The minimum Gasteiger partial charge on any atom is -0.480 e. The van der Waals surface area contributed by atoms with Crippen molar-refractivity contribution in [3.05, 3.63) is 17.7 Å². The summed E-state index contributed by atoms with van der Waals surface area (Å²) >= 11 is 0. The summed E-state index contributed by atoms with van der Waals surface area (Å²) in [7, 11) is 0. The van der Waals surface area contributed by atoms with Crippen LogP contribution in [0.1, 0.15) is 24.2 Å². The quantitative estimate of drug-likeness (QED) is 0.708. The van der Waals surface area contributed by atoms with Crippen molar-refractivity contribution in [2.45, 2.75) is 31.8 Å². The van der Waals surface area contributed by atoms with E-state index in [0.717, 1.165) is 30.9 Å². The van der Waals surface area contributed by atoms with Crippen LogP contribution in [0.3, 0.4) is 0 Å². The summed E-state index contributed by atoms with van der Waals surface area (Å²) in [4.78, 5) is 32.4. The largest absolute Gasteiger partial charge is 0.480 e. The number of carboxylic acids is 1. The number of carbonyl (C=O) groups is 2. The van der Waals surface area contributed by atoms with E-state index >= 15 is 0 Å². The second-order valence-corrected chi connectivity index (χ2v) is 5.47. The lowest BCUT2D eigenvalue weighted by Crippen LogP contribution is -2.49. The average Bonchev–Trinajstić information content (AvgIpc) is 3.06. The summed E-state index contributed by atoms with van der Waals surface area (Å²) in [5.74, 6) is -0.719. The van der Waals surface area contributed by atoms with Crippen molar-refractivity contribution in [2.24, 2.45) is 5.92 Å². The highest BCUT2D eigenvalue weighted by Gasteiger charge is 2.36. The topological polar surface area (TPSA) is 98.3 Å². The lowest BCUT2D eigenvalue weighted by atomic mass is 9.99. The number of nitrogens with one attached hydrogen (secondary N) is 2. The van der Waals surface area contributed by atoms with Crippen molar-refractivity contribution >= 4 is 11.9 Å². The number of hydrogen-bond acceptors (Lipinski definition) is 4. The van der Waals surface area contributed by atoms with Crippen molar-refractivity contribution in [3.63, 3.8) is 0 Å². The van der Waals surface area contributed by atoms with Crippen LogP contribution in [0.4, 0.5) is 0 Å². The number of aromatic nitrogens is 2. The molecule has 3 rings (SSSR count). The van der Waals surface area contributed by atoms with E-state index in [2.05, 4.69) is 15.3 Å². The molecule has 0 aliphatic carbocycles. The van der Waals surface area contributed by atoms with Crippen LogP contribution in [-0.4, -0.2) is 51.0 Å². The van der Waals surface area contributed by atoms with E-state index in [1.807, 2.05) is 0 Å². The highest BCUT2D eigenvalue weighted by Crippen LogP contribution is 2.23. The molecule has 7 nitrogen and oxygen atoms in total. The van der Waals surface area contributed by atoms with E-state index in [0.29, 0.717) is 18.9 Å². The Bertz CT molecular complexity index is 521. The van der Waals surface area contributed by atoms with Gasteiger partial charge in [0.05, 0.1) is 24.3 Å². The lowest BCUT2D eigenvalue weighted by molar-refractivity contribution is -0.151. The van der Waals surface area contributed by atoms with Crippen molar-refractivity contribution < 1.29 is 14.7 Å². The van der Waals surface area contributed by atoms with E-state index in [4.69, 9.17) is 0 Å². The van der Waals surface area contributed by atoms with Crippen LogP contribution in [0.25, 0.3) is 0 Å². The molecule has 7 heteroatoms. The molecule has 2 unspecified atom stereocenters. The van der Waals surface area contributed by atoms with Gasteiger partial charge in [0.15, 0.2) is 0 Å². The summed E-state index contributed by atoms with van der Waals surface area (Å²) in [6.45, 7) is 2.09. The molecule has 2 atom stereocenters. The molecule has 0 bridgehead atoms. The molecule has 1 aromatic rings. The van der Waals surface area contributed by atoms with E-state index in [-0.39, 0.29) is 12.3 Å². The number of carboxylic acid groups (broad SMARTS) is 1. The molecule has 0 saturated carbocycles. The maximum absolute atomic E-state index is 12.4. The first kappa shape index (κ1) is 13.1. The third-order valence-electron chi connectivity index (χ3n) is 4.13. The van der Waals surface area contributed by atoms with Crippen LogP contribution in [0.15, 0.2) is 6.33 Å². The molecule has 1 aromatic heterocycles. The minimum atomic E-state index is -0.962. The molecule has 0 radical (unpaired) electrons. The number of aliphatic carboxylic acids is 1. The maximum atomic E-state index is 12.4. The van der Waals surface area contributed by atoms with Gasteiger partial charge in [-0.15, -0.1) is 0 Å². The van der Waals surface area contributed by atoms with Gasteiger partial charge in [-0.25, -0.2) is 9.78 Å². The Balaban J connectivity index is 1.75. The Hall–Kier alpha value is -1.89. The average molecular weight is 278 g/mol. The van der Waals surface area contributed by atoms with Gasteiger partial charge in [0, 0.05) is 12.8 Å². The zero-order valence-corrected chi connectivity index (χ0v) is 11.1. The lowest BCUT2D eigenvalue weighted by Gasteiger charge is -2.33. The Kier molecular flexibility index (Phi) is 3.43. The second kappa shape index (κ2) is 5.24. The van der Waals surface area contributed by atoms with Crippen molar-refractivity contribution in [3.8, 4) is 0 Å². The van der Waals surface area contributed by atoms with E-state index in [1.54, 1.807) is 6.33 Å². The molecule has 0 spiro atoms. The summed E-state index contributed by atoms with van der Waals surface area (Å²) < 4.78 is 0. The first-order valence-corrected chi connectivity index (χ1v) is 6.89. The van der Waals surface area contributed by atoms with Crippen molar-refractivity contribution in [1.82, 2.24) is 20.2 Å². The molecule has 20 heavy (non-hydrogen) atoms. The summed E-state index contributed by atoms with van der Waals surface area (Å²) in [6, 6.07) is -0.798. The highest BCUT2D eigenvalue weighted by molar-refractivity contribution is 5.84. The highest BCUT2D eigenvalue weighted by atomic mass is 16.4. The fourth-order valence-corrected chi connectivity index (χ4v) is 2.97.